The van der Waals surface area contributed by atoms with Gasteiger partial charge in [-0.3, -0.25) is 0 Å². The fourth-order valence-corrected chi connectivity index (χ4v) is 2.39. The van der Waals surface area contributed by atoms with Gasteiger partial charge >= 0.3 is 5.97 Å². The lowest BCUT2D eigenvalue weighted by molar-refractivity contribution is -0.144. The summed E-state index contributed by atoms with van der Waals surface area (Å²) in [5, 5.41) is 3.85. The lowest BCUT2D eigenvalue weighted by Gasteiger charge is -2.17. The highest BCUT2D eigenvalue weighted by Crippen LogP contribution is 2.23. The van der Waals surface area contributed by atoms with E-state index in [4.69, 9.17) is 16.3 Å². The van der Waals surface area contributed by atoms with E-state index in [2.05, 4.69) is 27.9 Å². The number of esters is 1. The van der Waals surface area contributed by atoms with E-state index in [-0.39, 0.29) is 12.0 Å². The normalized spacial score (nSPS) is 12.0. The van der Waals surface area contributed by atoms with Gasteiger partial charge in [0.15, 0.2) is 0 Å². The molecule has 0 spiro atoms. The van der Waals surface area contributed by atoms with Crippen LogP contribution in [0, 0.1) is 3.57 Å². The van der Waals surface area contributed by atoms with E-state index in [0.29, 0.717) is 18.1 Å². The average Bonchev–Trinajstić information content (AvgIpc) is 2.28. The van der Waals surface area contributed by atoms with Gasteiger partial charge in [0.2, 0.25) is 0 Å². The van der Waals surface area contributed by atoms with Crippen LogP contribution >= 0.6 is 34.2 Å². The minimum absolute atomic E-state index is 0.222. The number of halogens is 2. The van der Waals surface area contributed by atoms with E-state index in [9.17, 15) is 4.79 Å². The molecule has 0 aliphatic rings. The first-order valence-corrected chi connectivity index (χ1v) is 6.92. The number of ether oxygens (including phenoxy) is 1. The molecule has 0 saturated heterocycles. The van der Waals surface area contributed by atoms with Gasteiger partial charge in [0.25, 0.3) is 0 Å². The minimum atomic E-state index is -0.315. The van der Waals surface area contributed by atoms with Crippen molar-refractivity contribution in [1.29, 1.82) is 0 Å². The van der Waals surface area contributed by atoms with E-state index in [1.54, 1.807) is 13.0 Å². The molecule has 17 heavy (non-hydrogen) atoms. The van der Waals surface area contributed by atoms with E-state index in [1.807, 2.05) is 19.1 Å². The molecule has 0 aliphatic carbocycles. The summed E-state index contributed by atoms with van der Waals surface area (Å²) in [7, 11) is 0. The van der Waals surface area contributed by atoms with Crippen LogP contribution in [0.1, 0.15) is 20.3 Å². The number of anilines is 1. The molecule has 0 saturated carbocycles. The second-order valence-electron chi connectivity index (χ2n) is 3.48. The van der Waals surface area contributed by atoms with Gasteiger partial charge in [-0.1, -0.05) is 18.5 Å². The summed E-state index contributed by atoms with van der Waals surface area (Å²) in [6.45, 7) is 4.14. The van der Waals surface area contributed by atoms with Crippen LogP contribution in [0.25, 0.3) is 0 Å². The SMILES string of the molecule is CCOC(=O)C(CC)Nc1ccc(Cl)cc1I. The first-order valence-electron chi connectivity index (χ1n) is 5.46. The Morgan fingerprint density at radius 2 is 2.24 bits per heavy atom. The molecule has 3 nitrogen and oxygen atoms in total. The number of carbonyl (C=O) groups is 1. The number of benzene rings is 1. The molecule has 0 amide bonds. The Balaban J connectivity index is 2.77. The maximum absolute atomic E-state index is 11.6. The largest absolute Gasteiger partial charge is 0.464 e. The highest BCUT2D eigenvalue weighted by atomic mass is 127. The number of hydrogen-bond donors (Lipinski definition) is 1. The highest BCUT2D eigenvalue weighted by Gasteiger charge is 2.18. The van der Waals surface area contributed by atoms with Gasteiger partial charge in [-0.05, 0) is 54.1 Å². The van der Waals surface area contributed by atoms with Gasteiger partial charge in [-0.25, -0.2) is 4.79 Å². The fraction of sp³-hybridized carbons (Fsp3) is 0.417. The van der Waals surface area contributed by atoms with Crippen molar-refractivity contribution in [3.63, 3.8) is 0 Å². The quantitative estimate of drug-likeness (QED) is 0.637. The first kappa shape index (κ1) is 14.6. The van der Waals surface area contributed by atoms with Crippen molar-refractivity contribution in [1.82, 2.24) is 0 Å². The molecule has 0 radical (unpaired) electrons. The van der Waals surface area contributed by atoms with Crippen molar-refractivity contribution in [2.45, 2.75) is 26.3 Å². The maximum atomic E-state index is 11.6. The van der Waals surface area contributed by atoms with Gasteiger partial charge in [0.1, 0.15) is 6.04 Å². The third-order valence-corrected chi connectivity index (χ3v) is 3.37. The first-order chi connectivity index (χ1) is 8.08. The summed E-state index contributed by atoms with van der Waals surface area (Å²) >= 11 is 8.06. The number of carbonyl (C=O) groups excluding carboxylic acids is 1. The average molecular weight is 368 g/mol. The summed E-state index contributed by atoms with van der Waals surface area (Å²) in [4.78, 5) is 11.6. The minimum Gasteiger partial charge on any atom is -0.464 e. The number of hydrogen-bond acceptors (Lipinski definition) is 3. The molecule has 1 aromatic carbocycles. The molecule has 0 bridgehead atoms. The summed E-state index contributed by atoms with van der Waals surface area (Å²) < 4.78 is 5.98. The summed E-state index contributed by atoms with van der Waals surface area (Å²) in [6.07, 6.45) is 0.678. The third-order valence-electron chi connectivity index (χ3n) is 2.24. The molecule has 1 unspecified atom stereocenters. The molecule has 5 heteroatoms. The van der Waals surface area contributed by atoms with Crippen LogP contribution in [-0.2, 0) is 9.53 Å². The van der Waals surface area contributed by atoms with Gasteiger partial charge in [0, 0.05) is 14.3 Å². The third kappa shape index (κ3) is 4.35. The van der Waals surface area contributed by atoms with Crippen LogP contribution < -0.4 is 5.32 Å². The Bertz CT molecular complexity index is 398. The highest BCUT2D eigenvalue weighted by molar-refractivity contribution is 14.1. The van der Waals surface area contributed by atoms with Crippen molar-refractivity contribution in [2.75, 3.05) is 11.9 Å². The van der Waals surface area contributed by atoms with Crippen LogP contribution in [0.3, 0.4) is 0 Å². The molecule has 0 heterocycles. The molecule has 0 fully saturated rings. The van der Waals surface area contributed by atoms with Crippen molar-refractivity contribution in [3.05, 3.63) is 26.8 Å². The Labute approximate surface area is 120 Å². The standard InChI is InChI=1S/C12H15ClINO2/c1-3-10(12(16)17-4-2)15-11-6-5-8(13)7-9(11)14/h5-7,10,15H,3-4H2,1-2H3. The molecule has 1 N–H and O–H groups in total. The Morgan fingerprint density at radius 1 is 1.53 bits per heavy atom. The summed E-state index contributed by atoms with van der Waals surface area (Å²) in [5.74, 6) is -0.222. The smallest absolute Gasteiger partial charge is 0.328 e. The van der Waals surface area contributed by atoms with Gasteiger partial charge < -0.3 is 10.1 Å². The van der Waals surface area contributed by atoms with Crippen molar-refractivity contribution < 1.29 is 9.53 Å². The predicted molar refractivity (Wildman–Crippen MR) is 78.5 cm³/mol. The van der Waals surface area contributed by atoms with Crippen LogP contribution in [-0.4, -0.2) is 18.6 Å². The van der Waals surface area contributed by atoms with Crippen LogP contribution in [0.15, 0.2) is 18.2 Å². The molecule has 0 aromatic heterocycles. The zero-order chi connectivity index (χ0) is 12.8. The van der Waals surface area contributed by atoms with E-state index < -0.39 is 0 Å². The lowest BCUT2D eigenvalue weighted by atomic mass is 10.2. The predicted octanol–water partition coefficient (Wildman–Crippen LogP) is 3.70. The molecule has 94 valence electrons. The van der Waals surface area contributed by atoms with Crippen molar-refractivity contribution >= 4 is 45.8 Å². The Morgan fingerprint density at radius 3 is 2.76 bits per heavy atom. The second-order valence-corrected chi connectivity index (χ2v) is 5.08. The zero-order valence-corrected chi connectivity index (χ0v) is 12.7. The molecule has 0 aliphatic heterocycles. The number of rotatable bonds is 5. The van der Waals surface area contributed by atoms with E-state index in [1.165, 1.54) is 0 Å². The van der Waals surface area contributed by atoms with Crippen molar-refractivity contribution in [2.24, 2.45) is 0 Å². The van der Waals surface area contributed by atoms with Gasteiger partial charge in [-0.2, -0.15) is 0 Å². The zero-order valence-electron chi connectivity index (χ0n) is 9.80. The van der Waals surface area contributed by atoms with Crippen LogP contribution in [0.4, 0.5) is 5.69 Å². The van der Waals surface area contributed by atoms with E-state index >= 15 is 0 Å². The molecular formula is C12H15ClINO2. The Hall–Kier alpha value is -0.490. The van der Waals surface area contributed by atoms with Crippen molar-refractivity contribution in [3.8, 4) is 0 Å². The molecule has 1 rings (SSSR count). The Kier molecular flexibility index (Phi) is 6.05. The number of nitrogens with one attached hydrogen (secondary N) is 1. The lowest BCUT2D eigenvalue weighted by Crippen LogP contribution is -2.31. The molecule has 1 aromatic rings. The maximum Gasteiger partial charge on any atom is 0.328 e. The van der Waals surface area contributed by atoms with Crippen LogP contribution in [0.2, 0.25) is 5.02 Å². The monoisotopic (exact) mass is 367 g/mol. The molecular weight excluding hydrogens is 352 g/mol. The van der Waals surface area contributed by atoms with Crippen LogP contribution in [0.5, 0.6) is 0 Å². The summed E-state index contributed by atoms with van der Waals surface area (Å²) in [6, 6.07) is 5.20. The van der Waals surface area contributed by atoms with E-state index in [0.717, 1.165) is 9.26 Å². The summed E-state index contributed by atoms with van der Waals surface area (Å²) in [5.41, 5.74) is 0.898. The van der Waals surface area contributed by atoms with Gasteiger partial charge in [-0.15, -0.1) is 0 Å². The second kappa shape index (κ2) is 7.06. The molecule has 1 atom stereocenters. The topological polar surface area (TPSA) is 38.3 Å². The fourth-order valence-electron chi connectivity index (χ4n) is 1.36. The van der Waals surface area contributed by atoms with Gasteiger partial charge in [0.05, 0.1) is 6.61 Å².